The average Bonchev–Trinajstić information content (AvgIpc) is 3.60. The van der Waals surface area contributed by atoms with E-state index in [0.29, 0.717) is 12.8 Å². The standard InChI is InChI=1S/C27H23FN2O5/c28-23-20(24(31)29-15-27(12-13-27)25(32)33)10-5-11-22(23)30-26(34)35-14-21-18-8-3-1-6-16(18)17-7-2-4-9-19(17)21/h1-11,21H,12-15H2,(H,29,31)(H,30,34)(H,32,33). The Morgan fingerprint density at radius 3 is 2.17 bits per heavy atom. The van der Waals surface area contributed by atoms with Crippen molar-refractivity contribution in [2.75, 3.05) is 18.5 Å². The Morgan fingerprint density at radius 1 is 0.943 bits per heavy atom. The molecule has 0 aliphatic heterocycles. The number of ether oxygens (including phenoxy) is 1. The molecule has 0 radical (unpaired) electrons. The summed E-state index contributed by atoms with van der Waals surface area (Å²) in [6.45, 7) is -0.0103. The molecule has 3 aromatic carbocycles. The molecule has 0 unspecified atom stereocenters. The van der Waals surface area contributed by atoms with E-state index in [0.717, 1.165) is 22.3 Å². The third-order valence-corrected chi connectivity index (χ3v) is 6.72. The molecule has 3 N–H and O–H groups in total. The Hall–Kier alpha value is -4.20. The SMILES string of the molecule is O=C(Nc1cccc(C(=O)NCC2(C(=O)O)CC2)c1F)OCC1c2ccccc2-c2ccccc21. The van der Waals surface area contributed by atoms with E-state index in [1.807, 2.05) is 48.5 Å². The molecule has 1 fully saturated rings. The molecule has 0 bridgehead atoms. The van der Waals surface area contributed by atoms with Gasteiger partial charge in [-0.05, 0) is 47.2 Å². The minimum Gasteiger partial charge on any atom is -0.481 e. The smallest absolute Gasteiger partial charge is 0.411 e. The molecule has 7 nitrogen and oxygen atoms in total. The minimum atomic E-state index is -0.982. The summed E-state index contributed by atoms with van der Waals surface area (Å²) in [5, 5.41) is 14.1. The van der Waals surface area contributed by atoms with Crippen molar-refractivity contribution < 1.29 is 28.6 Å². The number of amides is 2. The molecule has 3 aromatic rings. The van der Waals surface area contributed by atoms with Gasteiger partial charge in [-0.2, -0.15) is 0 Å². The lowest BCUT2D eigenvalue weighted by molar-refractivity contribution is -0.143. The number of carboxylic acids is 1. The highest BCUT2D eigenvalue weighted by Crippen LogP contribution is 2.45. The zero-order valence-electron chi connectivity index (χ0n) is 18.7. The van der Waals surface area contributed by atoms with E-state index >= 15 is 0 Å². The average molecular weight is 474 g/mol. The summed E-state index contributed by atoms with van der Waals surface area (Å²) in [6, 6.07) is 19.9. The lowest BCUT2D eigenvalue weighted by Gasteiger charge is -2.15. The van der Waals surface area contributed by atoms with Crippen LogP contribution in [0.5, 0.6) is 0 Å². The van der Waals surface area contributed by atoms with Crippen LogP contribution in [0, 0.1) is 11.2 Å². The van der Waals surface area contributed by atoms with Crippen molar-refractivity contribution in [3.63, 3.8) is 0 Å². The second-order valence-corrected chi connectivity index (χ2v) is 8.89. The van der Waals surface area contributed by atoms with Crippen LogP contribution < -0.4 is 10.6 Å². The van der Waals surface area contributed by atoms with E-state index in [-0.39, 0.29) is 30.3 Å². The summed E-state index contributed by atoms with van der Waals surface area (Å²) < 4.78 is 20.4. The van der Waals surface area contributed by atoms with Crippen molar-refractivity contribution >= 4 is 23.7 Å². The molecule has 0 spiro atoms. The van der Waals surface area contributed by atoms with Crippen molar-refractivity contribution in [1.82, 2.24) is 5.32 Å². The summed E-state index contributed by atoms with van der Waals surface area (Å²) in [5.74, 6) is -2.78. The third-order valence-electron chi connectivity index (χ3n) is 6.72. The van der Waals surface area contributed by atoms with E-state index in [9.17, 15) is 23.9 Å². The predicted octanol–water partition coefficient (Wildman–Crippen LogP) is 4.78. The molecule has 35 heavy (non-hydrogen) atoms. The number of anilines is 1. The van der Waals surface area contributed by atoms with Crippen LogP contribution in [-0.2, 0) is 9.53 Å². The second-order valence-electron chi connectivity index (χ2n) is 8.89. The zero-order chi connectivity index (χ0) is 24.6. The van der Waals surface area contributed by atoms with Crippen LogP contribution in [0.4, 0.5) is 14.9 Å². The van der Waals surface area contributed by atoms with Gasteiger partial charge >= 0.3 is 12.1 Å². The first-order valence-electron chi connectivity index (χ1n) is 11.3. The van der Waals surface area contributed by atoms with Gasteiger partial charge < -0.3 is 15.2 Å². The van der Waals surface area contributed by atoms with E-state index < -0.39 is 29.2 Å². The molecule has 2 amide bonds. The van der Waals surface area contributed by atoms with E-state index in [4.69, 9.17) is 4.74 Å². The molecule has 0 aromatic heterocycles. The first kappa shape index (κ1) is 22.6. The Bertz CT molecular complexity index is 1290. The van der Waals surface area contributed by atoms with Crippen molar-refractivity contribution in [1.29, 1.82) is 0 Å². The first-order valence-corrected chi connectivity index (χ1v) is 11.3. The summed E-state index contributed by atoms with van der Waals surface area (Å²) in [7, 11) is 0. The van der Waals surface area contributed by atoms with E-state index in [1.54, 1.807) is 0 Å². The molecule has 2 aliphatic carbocycles. The van der Waals surface area contributed by atoms with Crippen LogP contribution in [0.25, 0.3) is 11.1 Å². The second kappa shape index (κ2) is 8.87. The number of fused-ring (bicyclic) bond motifs is 3. The minimum absolute atomic E-state index is 0.0684. The largest absolute Gasteiger partial charge is 0.481 e. The van der Waals surface area contributed by atoms with Crippen molar-refractivity contribution in [3.8, 4) is 11.1 Å². The van der Waals surface area contributed by atoms with E-state index in [1.165, 1.54) is 18.2 Å². The van der Waals surface area contributed by atoms with Crippen molar-refractivity contribution in [3.05, 3.63) is 89.2 Å². The molecular weight excluding hydrogens is 451 g/mol. The number of rotatable bonds is 7. The topological polar surface area (TPSA) is 105 Å². The van der Waals surface area contributed by atoms with Gasteiger partial charge in [-0.3, -0.25) is 14.9 Å². The van der Waals surface area contributed by atoms with Crippen LogP contribution in [-0.4, -0.2) is 36.2 Å². The maximum atomic E-state index is 15.0. The summed E-state index contributed by atoms with van der Waals surface area (Å²) in [4.78, 5) is 36.2. The van der Waals surface area contributed by atoms with E-state index in [2.05, 4.69) is 10.6 Å². The van der Waals surface area contributed by atoms with Crippen LogP contribution in [0.2, 0.25) is 0 Å². The molecular formula is C27H23FN2O5. The van der Waals surface area contributed by atoms with Crippen LogP contribution >= 0.6 is 0 Å². The number of benzene rings is 3. The number of hydrogen-bond donors (Lipinski definition) is 3. The maximum Gasteiger partial charge on any atom is 0.411 e. The summed E-state index contributed by atoms with van der Waals surface area (Å²) in [5.41, 5.74) is 2.85. The molecule has 0 atom stereocenters. The quantitative estimate of drug-likeness (QED) is 0.457. The van der Waals surface area contributed by atoms with Crippen LogP contribution in [0.3, 0.4) is 0 Å². The highest BCUT2D eigenvalue weighted by molar-refractivity contribution is 5.97. The first-order chi connectivity index (χ1) is 16.9. The molecule has 1 saturated carbocycles. The van der Waals surface area contributed by atoms with Gasteiger partial charge in [0.15, 0.2) is 5.82 Å². The molecule has 0 heterocycles. The number of halogens is 1. The monoisotopic (exact) mass is 474 g/mol. The number of carbonyl (C=O) groups excluding carboxylic acids is 2. The Labute approximate surface area is 200 Å². The van der Waals surface area contributed by atoms with Gasteiger partial charge in [-0.15, -0.1) is 0 Å². The Kier molecular flexibility index (Phi) is 5.72. The highest BCUT2D eigenvalue weighted by atomic mass is 19.1. The van der Waals surface area contributed by atoms with Gasteiger partial charge in [0.25, 0.3) is 5.91 Å². The van der Waals surface area contributed by atoms with Crippen molar-refractivity contribution in [2.45, 2.75) is 18.8 Å². The van der Waals surface area contributed by atoms with Crippen molar-refractivity contribution in [2.24, 2.45) is 5.41 Å². The van der Waals surface area contributed by atoms with Gasteiger partial charge in [0.2, 0.25) is 0 Å². The molecule has 8 heteroatoms. The fraction of sp³-hybridized carbons (Fsp3) is 0.222. The number of hydrogen-bond acceptors (Lipinski definition) is 4. The molecule has 178 valence electrons. The van der Waals surface area contributed by atoms with Gasteiger partial charge in [-0.25, -0.2) is 9.18 Å². The molecule has 2 aliphatic rings. The highest BCUT2D eigenvalue weighted by Gasteiger charge is 2.50. The number of nitrogens with one attached hydrogen (secondary N) is 2. The predicted molar refractivity (Wildman–Crippen MR) is 127 cm³/mol. The Balaban J connectivity index is 1.24. The third kappa shape index (κ3) is 4.23. The van der Waals surface area contributed by atoms with Crippen LogP contribution in [0.15, 0.2) is 66.7 Å². The number of carbonyl (C=O) groups is 3. The van der Waals surface area contributed by atoms with Gasteiger partial charge in [0.05, 0.1) is 16.7 Å². The maximum absolute atomic E-state index is 15.0. The van der Waals surface area contributed by atoms with Gasteiger partial charge in [0, 0.05) is 12.5 Å². The Morgan fingerprint density at radius 2 is 1.57 bits per heavy atom. The van der Waals surface area contributed by atoms with Gasteiger partial charge in [-0.1, -0.05) is 54.6 Å². The lowest BCUT2D eigenvalue weighted by Crippen LogP contribution is -2.34. The molecule has 0 saturated heterocycles. The fourth-order valence-corrected chi connectivity index (χ4v) is 4.51. The number of carboxylic acid groups (broad SMARTS) is 1. The fourth-order valence-electron chi connectivity index (χ4n) is 4.51. The molecule has 5 rings (SSSR count). The number of aliphatic carboxylic acids is 1. The summed E-state index contributed by atoms with van der Waals surface area (Å²) in [6.07, 6.45) is 0.0919. The van der Waals surface area contributed by atoms with Gasteiger partial charge in [0.1, 0.15) is 6.61 Å². The lowest BCUT2D eigenvalue weighted by atomic mass is 9.98. The summed E-state index contributed by atoms with van der Waals surface area (Å²) >= 11 is 0. The van der Waals surface area contributed by atoms with Crippen LogP contribution in [0.1, 0.15) is 40.2 Å². The normalized spacial score (nSPS) is 15.0. The zero-order valence-corrected chi connectivity index (χ0v) is 18.7.